The molecule has 1 aliphatic carbocycles. The molecule has 3 heterocycles. The number of aromatic amines is 2. The van der Waals surface area contributed by atoms with Crippen molar-refractivity contribution in [1.29, 1.82) is 0 Å². The summed E-state index contributed by atoms with van der Waals surface area (Å²) in [5, 5.41) is 8.92. The topological polar surface area (TPSA) is 47.7 Å². The van der Waals surface area contributed by atoms with E-state index in [0.29, 0.717) is 0 Å². The molecule has 0 fully saturated rings. The van der Waals surface area contributed by atoms with E-state index in [0.717, 1.165) is 25.1 Å². The second-order valence-electron chi connectivity index (χ2n) is 7.75. The summed E-state index contributed by atoms with van der Waals surface area (Å²) < 4.78 is 0. The van der Waals surface area contributed by atoms with E-state index < -0.39 is 0 Å². The molecule has 0 saturated heterocycles. The molecule has 5 rings (SSSR count). The predicted molar refractivity (Wildman–Crippen MR) is 94.2 cm³/mol. The Kier molecular flexibility index (Phi) is 2.41. The molecule has 0 amide bonds. The third kappa shape index (κ3) is 1.69. The van der Waals surface area contributed by atoms with Crippen LogP contribution in [-0.4, -0.2) is 28.8 Å². The fourth-order valence-electron chi connectivity index (χ4n) is 4.55. The number of benzene rings is 1. The van der Waals surface area contributed by atoms with Crippen LogP contribution in [-0.2, 0) is 18.3 Å². The van der Waals surface area contributed by atoms with Gasteiger partial charge in [0, 0.05) is 41.8 Å². The van der Waals surface area contributed by atoms with Crippen LogP contribution < -0.4 is 4.90 Å². The zero-order chi connectivity index (χ0) is 15.8. The van der Waals surface area contributed by atoms with Gasteiger partial charge in [-0.1, -0.05) is 13.8 Å². The maximum absolute atomic E-state index is 4.51. The van der Waals surface area contributed by atoms with Gasteiger partial charge in [-0.3, -0.25) is 5.10 Å². The van der Waals surface area contributed by atoms with Crippen LogP contribution in [0.5, 0.6) is 0 Å². The van der Waals surface area contributed by atoms with Gasteiger partial charge in [0.2, 0.25) is 0 Å². The summed E-state index contributed by atoms with van der Waals surface area (Å²) in [5.41, 5.74) is 9.40. The Labute approximate surface area is 135 Å². The maximum Gasteiger partial charge on any atom is 0.112 e. The van der Waals surface area contributed by atoms with E-state index in [9.17, 15) is 0 Å². The van der Waals surface area contributed by atoms with Gasteiger partial charge in [0.25, 0.3) is 0 Å². The Bertz CT molecular complexity index is 928. The van der Waals surface area contributed by atoms with Gasteiger partial charge in [0.05, 0.1) is 5.69 Å². The third-order valence-electron chi connectivity index (χ3n) is 5.62. The van der Waals surface area contributed by atoms with Gasteiger partial charge in [-0.25, -0.2) is 0 Å². The molecule has 2 aliphatic rings. The highest BCUT2D eigenvalue weighted by Gasteiger charge is 2.34. The monoisotopic (exact) mass is 306 g/mol. The lowest BCUT2D eigenvalue weighted by Gasteiger charge is -2.18. The highest BCUT2D eigenvalue weighted by Crippen LogP contribution is 2.44. The zero-order valence-electron chi connectivity index (χ0n) is 14.0. The minimum absolute atomic E-state index is 0.207. The molecule has 4 heteroatoms. The lowest BCUT2D eigenvalue weighted by molar-refractivity contribution is 0.563. The van der Waals surface area contributed by atoms with Gasteiger partial charge in [-0.15, -0.1) is 0 Å². The van der Waals surface area contributed by atoms with Gasteiger partial charge in [0.1, 0.15) is 5.69 Å². The number of hydrogen-bond acceptors (Lipinski definition) is 2. The fraction of sp³-hybridized carbons (Fsp3) is 0.421. The van der Waals surface area contributed by atoms with Crippen molar-refractivity contribution in [2.75, 3.05) is 18.5 Å². The number of hydrogen-bond donors (Lipinski definition) is 2. The Morgan fingerprint density at radius 2 is 2.09 bits per heavy atom. The number of fused-ring (bicyclic) bond motifs is 6. The number of likely N-dealkylation sites (N-methyl/N-ethyl adjacent to an activating group) is 1. The first-order valence-corrected chi connectivity index (χ1v) is 8.48. The molecule has 3 aromatic rings. The van der Waals surface area contributed by atoms with Crippen molar-refractivity contribution in [2.24, 2.45) is 0 Å². The highest BCUT2D eigenvalue weighted by molar-refractivity contribution is 5.95. The Balaban J connectivity index is 1.81. The van der Waals surface area contributed by atoms with Gasteiger partial charge < -0.3 is 9.88 Å². The number of rotatable bonds is 0. The summed E-state index contributed by atoms with van der Waals surface area (Å²) in [6.07, 6.45) is 5.46. The number of aryl methyl sites for hydroxylation is 2. The number of nitrogens with zero attached hydrogens (tertiary/aromatic N) is 2. The number of nitrogens with one attached hydrogen (secondary N) is 2. The molecule has 4 nitrogen and oxygen atoms in total. The smallest absolute Gasteiger partial charge is 0.112 e. The van der Waals surface area contributed by atoms with Crippen LogP contribution in [0.1, 0.15) is 37.0 Å². The van der Waals surface area contributed by atoms with Crippen molar-refractivity contribution < 1.29 is 0 Å². The summed E-state index contributed by atoms with van der Waals surface area (Å²) in [5.74, 6) is 0. The van der Waals surface area contributed by atoms with E-state index in [2.05, 4.69) is 53.1 Å². The molecule has 0 spiro atoms. The van der Waals surface area contributed by atoms with Crippen LogP contribution in [0.2, 0.25) is 0 Å². The van der Waals surface area contributed by atoms with Crippen LogP contribution in [0.3, 0.4) is 0 Å². The molecule has 118 valence electrons. The van der Waals surface area contributed by atoms with Crippen LogP contribution in [0, 0.1) is 0 Å². The van der Waals surface area contributed by atoms with E-state index in [1.165, 1.54) is 45.4 Å². The van der Waals surface area contributed by atoms with E-state index in [4.69, 9.17) is 0 Å². The summed E-state index contributed by atoms with van der Waals surface area (Å²) >= 11 is 0. The normalized spacial score (nSPS) is 18.7. The minimum Gasteiger partial charge on any atom is -0.373 e. The molecule has 0 saturated carbocycles. The first-order chi connectivity index (χ1) is 11.0. The van der Waals surface area contributed by atoms with Crippen molar-refractivity contribution in [3.8, 4) is 11.4 Å². The lowest BCUT2D eigenvalue weighted by Crippen LogP contribution is -2.24. The van der Waals surface area contributed by atoms with E-state index >= 15 is 0 Å². The van der Waals surface area contributed by atoms with Gasteiger partial charge in [-0.05, 0) is 48.1 Å². The first kappa shape index (κ1) is 13.2. The van der Waals surface area contributed by atoms with Crippen molar-refractivity contribution in [3.05, 3.63) is 35.0 Å². The Morgan fingerprint density at radius 1 is 1.22 bits per heavy atom. The van der Waals surface area contributed by atoms with E-state index in [1.54, 1.807) is 0 Å². The molecular weight excluding hydrogens is 284 g/mol. The van der Waals surface area contributed by atoms with Crippen molar-refractivity contribution in [2.45, 2.75) is 38.5 Å². The molecule has 0 unspecified atom stereocenters. The van der Waals surface area contributed by atoms with Crippen molar-refractivity contribution in [1.82, 2.24) is 15.2 Å². The average Bonchev–Trinajstić information content (AvgIpc) is 3.12. The van der Waals surface area contributed by atoms with Crippen LogP contribution in [0.4, 0.5) is 5.69 Å². The number of anilines is 1. The molecular formula is C19H22N4. The Morgan fingerprint density at radius 3 is 2.96 bits per heavy atom. The quantitative estimate of drug-likeness (QED) is 0.664. The molecule has 1 aliphatic heterocycles. The van der Waals surface area contributed by atoms with Gasteiger partial charge >= 0.3 is 0 Å². The average molecular weight is 306 g/mol. The third-order valence-corrected chi connectivity index (χ3v) is 5.62. The largest absolute Gasteiger partial charge is 0.373 e. The fourth-order valence-corrected chi connectivity index (χ4v) is 4.55. The molecule has 0 radical (unpaired) electrons. The summed E-state index contributed by atoms with van der Waals surface area (Å²) in [6, 6.07) is 4.77. The van der Waals surface area contributed by atoms with Gasteiger partial charge in [-0.2, -0.15) is 5.10 Å². The molecule has 23 heavy (non-hydrogen) atoms. The molecule has 1 aromatic carbocycles. The molecule has 0 atom stereocenters. The lowest BCUT2D eigenvalue weighted by atomic mass is 9.86. The number of aromatic nitrogens is 3. The van der Waals surface area contributed by atoms with E-state index in [-0.39, 0.29) is 5.41 Å². The second kappa shape index (κ2) is 4.19. The highest BCUT2D eigenvalue weighted by atomic mass is 15.1. The summed E-state index contributed by atoms with van der Waals surface area (Å²) in [4.78, 5) is 6.07. The zero-order valence-corrected chi connectivity index (χ0v) is 14.0. The summed E-state index contributed by atoms with van der Waals surface area (Å²) in [7, 11) is 2.20. The van der Waals surface area contributed by atoms with Gasteiger partial charge in [0.15, 0.2) is 0 Å². The van der Waals surface area contributed by atoms with Crippen LogP contribution >= 0.6 is 0 Å². The minimum atomic E-state index is 0.207. The molecule has 2 N–H and O–H groups in total. The SMILES string of the molecule is CN1CC(C)(C)c2cc3[nH]c4c(c3cc21)CCCc1c[nH]nc1-4. The molecule has 2 aromatic heterocycles. The Hall–Kier alpha value is -2.23. The predicted octanol–water partition coefficient (Wildman–Crippen LogP) is 3.77. The second-order valence-corrected chi connectivity index (χ2v) is 7.75. The summed E-state index contributed by atoms with van der Waals surface area (Å²) in [6.45, 7) is 5.75. The first-order valence-electron chi connectivity index (χ1n) is 8.48. The molecule has 0 bridgehead atoms. The maximum atomic E-state index is 4.51. The van der Waals surface area contributed by atoms with E-state index in [1.807, 2.05) is 6.20 Å². The standard InChI is InChI=1S/C19H22N4/c1-19(2)10-23(3)16-7-13-12-6-4-5-11-9-20-22-17(11)18(12)21-15(13)8-14(16)19/h7-9,21H,4-6,10H2,1-3H3,(H,20,22). The number of H-pyrrole nitrogens is 2. The van der Waals surface area contributed by atoms with Crippen LogP contribution in [0.25, 0.3) is 22.3 Å². The van der Waals surface area contributed by atoms with Crippen molar-refractivity contribution in [3.63, 3.8) is 0 Å². The van der Waals surface area contributed by atoms with Crippen molar-refractivity contribution >= 4 is 16.6 Å². The van der Waals surface area contributed by atoms with Crippen LogP contribution in [0.15, 0.2) is 18.3 Å².